The molecule has 1 unspecified atom stereocenters. The quantitative estimate of drug-likeness (QED) is 0.548. The average molecular weight is 133 g/mol. The van der Waals surface area contributed by atoms with Gasteiger partial charge in [-0.1, -0.05) is 13.3 Å². The molecule has 0 saturated carbocycles. The van der Waals surface area contributed by atoms with Crippen LogP contribution in [0.2, 0.25) is 0 Å². The first-order valence-corrected chi connectivity index (χ1v) is 3.73. The van der Waals surface area contributed by atoms with Crippen LogP contribution < -0.4 is 5.32 Å². The fourth-order valence-electron chi connectivity index (χ4n) is 0.627. The summed E-state index contributed by atoms with van der Waals surface area (Å²) in [5.74, 6) is 1.75. The molecule has 1 N–H and O–H groups in total. The molecule has 50 valence electrons. The van der Waals surface area contributed by atoms with Crippen molar-refractivity contribution in [3.63, 3.8) is 0 Å². The van der Waals surface area contributed by atoms with Gasteiger partial charge in [-0.25, -0.2) is 0 Å². The Hall–Kier alpha value is 0.310. The van der Waals surface area contributed by atoms with Crippen molar-refractivity contribution in [1.29, 1.82) is 0 Å². The van der Waals surface area contributed by atoms with Gasteiger partial charge in [0.2, 0.25) is 0 Å². The van der Waals surface area contributed by atoms with E-state index in [0.717, 1.165) is 18.2 Å². The second-order valence-electron chi connectivity index (χ2n) is 2.01. The number of hydrogen-bond acceptors (Lipinski definition) is 2. The third kappa shape index (κ3) is 3.33. The molecule has 1 nitrogen and oxygen atoms in total. The Balaban J connectivity index is 3.07. The van der Waals surface area contributed by atoms with Crippen LogP contribution in [-0.2, 0) is 0 Å². The maximum Gasteiger partial charge on any atom is -0.00158 e. The Kier molecular flexibility index (Phi) is 5.66. The molecule has 0 amide bonds. The molecule has 0 aliphatic carbocycles. The molecule has 2 heteroatoms. The van der Waals surface area contributed by atoms with E-state index >= 15 is 0 Å². The fraction of sp³-hybridized carbons (Fsp3) is 1.00. The van der Waals surface area contributed by atoms with Crippen molar-refractivity contribution in [2.45, 2.75) is 13.3 Å². The van der Waals surface area contributed by atoms with Crippen molar-refractivity contribution < 1.29 is 0 Å². The smallest absolute Gasteiger partial charge is 0.00158 e. The highest BCUT2D eigenvalue weighted by atomic mass is 32.1. The van der Waals surface area contributed by atoms with Crippen LogP contribution in [0.1, 0.15) is 13.3 Å². The summed E-state index contributed by atoms with van der Waals surface area (Å²) in [5.41, 5.74) is 0. The summed E-state index contributed by atoms with van der Waals surface area (Å²) in [6, 6.07) is 0. The molecule has 0 spiro atoms. The van der Waals surface area contributed by atoms with Gasteiger partial charge in [0.25, 0.3) is 0 Å². The predicted octanol–water partition coefficient (Wildman–Crippen LogP) is 1.16. The molecule has 0 aromatic rings. The molecule has 0 heterocycles. The summed E-state index contributed by atoms with van der Waals surface area (Å²) in [6.45, 7) is 3.29. The molecule has 0 aliphatic heterocycles. The summed E-state index contributed by atoms with van der Waals surface area (Å²) in [4.78, 5) is 0. The highest BCUT2D eigenvalue weighted by Crippen LogP contribution is 2.01. The number of thiol groups is 1. The monoisotopic (exact) mass is 133 g/mol. The van der Waals surface area contributed by atoms with Crippen LogP contribution in [0, 0.1) is 5.92 Å². The van der Waals surface area contributed by atoms with Crippen molar-refractivity contribution in [1.82, 2.24) is 5.32 Å². The van der Waals surface area contributed by atoms with E-state index in [1.54, 1.807) is 0 Å². The van der Waals surface area contributed by atoms with Gasteiger partial charge in [0, 0.05) is 0 Å². The average Bonchev–Trinajstić information content (AvgIpc) is 1.83. The molecule has 0 rings (SSSR count). The van der Waals surface area contributed by atoms with Crippen LogP contribution >= 0.6 is 12.6 Å². The molecule has 0 aromatic carbocycles. The molecule has 1 atom stereocenters. The third-order valence-electron chi connectivity index (χ3n) is 1.33. The Labute approximate surface area is 57.3 Å². The molecule has 0 aromatic heterocycles. The number of rotatable bonds is 4. The standard InChI is InChI=1S/C6H15NS/c1-3-6(5-8)4-7-2/h6-8H,3-5H2,1-2H3. The summed E-state index contributed by atoms with van der Waals surface area (Å²) in [7, 11) is 1.98. The lowest BCUT2D eigenvalue weighted by Gasteiger charge is -2.08. The van der Waals surface area contributed by atoms with E-state index < -0.39 is 0 Å². The Morgan fingerprint density at radius 2 is 2.25 bits per heavy atom. The van der Waals surface area contributed by atoms with Gasteiger partial charge in [0.15, 0.2) is 0 Å². The molecule has 8 heavy (non-hydrogen) atoms. The largest absolute Gasteiger partial charge is 0.319 e. The van der Waals surface area contributed by atoms with Crippen molar-refractivity contribution in [2.75, 3.05) is 19.3 Å². The zero-order chi connectivity index (χ0) is 6.41. The third-order valence-corrected chi connectivity index (χ3v) is 1.84. The maximum absolute atomic E-state index is 4.19. The lowest BCUT2D eigenvalue weighted by Crippen LogP contribution is -2.19. The van der Waals surface area contributed by atoms with Gasteiger partial charge in [-0.05, 0) is 25.3 Å². The van der Waals surface area contributed by atoms with Gasteiger partial charge in [-0.3, -0.25) is 0 Å². The van der Waals surface area contributed by atoms with Crippen molar-refractivity contribution in [2.24, 2.45) is 5.92 Å². The van der Waals surface area contributed by atoms with Crippen molar-refractivity contribution >= 4 is 12.6 Å². The minimum atomic E-state index is 0.753. The molecule has 0 fully saturated rings. The van der Waals surface area contributed by atoms with Crippen LogP contribution in [-0.4, -0.2) is 19.3 Å². The second-order valence-corrected chi connectivity index (χ2v) is 2.38. The first-order valence-electron chi connectivity index (χ1n) is 3.10. The van der Waals surface area contributed by atoms with E-state index in [1.807, 2.05) is 7.05 Å². The minimum Gasteiger partial charge on any atom is -0.319 e. The van der Waals surface area contributed by atoms with Gasteiger partial charge < -0.3 is 5.32 Å². The molecule has 0 bridgehead atoms. The van der Waals surface area contributed by atoms with E-state index in [1.165, 1.54) is 6.42 Å². The summed E-state index contributed by atoms with van der Waals surface area (Å²) in [6.07, 6.45) is 1.23. The maximum atomic E-state index is 4.19. The normalized spacial score (nSPS) is 13.9. The fourth-order valence-corrected chi connectivity index (χ4v) is 1.01. The summed E-state index contributed by atoms with van der Waals surface area (Å²) in [5, 5.41) is 3.12. The van der Waals surface area contributed by atoms with Crippen LogP contribution in [0.4, 0.5) is 0 Å². The lowest BCUT2D eigenvalue weighted by molar-refractivity contribution is 0.538. The van der Waals surface area contributed by atoms with Crippen LogP contribution in [0.3, 0.4) is 0 Å². The number of nitrogens with one attached hydrogen (secondary N) is 1. The van der Waals surface area contributed by atoms with E-state index in [4.69, 9.17) is 0 Å². The molecule has 0 aliphatic rings. The Morgan fingerprint density at radius 1 is 1.62 bits per heavy atom. The minimum absolute atomic E-state index is 0.753. The Bertz CT molecular complexity index is 43.8. The van der Waals surface area contributed by atoms with Gasteiger partial charge >= 0.3 is 0 Å². The van der Waals surface area contributed by atoms with Gasteiger partial charge in [0.05, 0.1) is 0 Å². The lowest BCUT2D eigenvalue weighted by atomic mass is 10.1. The van der Waals surface area contributed by atoms with E-state index in [9.17, 15) is 0 Å². The van der Waals surface area contributed by atoms with Crippen LogP contribution in [0.5, 0.6) is 0 Å². The van der Waals surface area contributed by atoms with Gasteiger partial charge in [0.1, 0.15) is 0 Å². The van der Waals surface area contributed by atoms with E-state index in [0.29, 0.717) is 0 Å². The first kappa shape index (κ1) is 8.31. The van der Waals surface area contributed by atoms with Gasteiger partial charge in [-0.15, -0.1) is 0 Å². The highest BCUT2D eigenvalue weighted by molar-refractivity contribution is 7.80. The predicted molar refractivity (Wildman–Crippen MR) is 41.6 cm³/mol. The molecule has 0 saturated heterocycles. The zero-order valence-corrected chi connectivity index (χ0v) is 6.54. The molecule has 0 radical (unpaired) electrons. The SMILES string of the molecule is CCC(CS)CNC. The summed E-state index contributed by atoms with van der Waals surface area (Å²) < 4.78 is 0. The first-order chi connectivity index (χ1) is 3.85. The topological polar surface area (TPSA) is 12.0 Å². The van der Waals surface area contributed by atoms with Crippen molar-refractivity contribution in [3.05, 3.63) is 0 Å². The van der Waals surface area contributed by atoms with Crippen LogP contribution in [0.15, 0.2) is 0 Å². The van der Waals surface area contributed by atoms with Crippen LogP contribution in [0.25, 0.3) is 0 Å². The highest BCUT2D eigenvalue weighted by Gasteiger charge is 1.99. The number of hydrogen-bond donors (Lipinski definition) is 2. The van der Waals surface area contributed by atoms with E-state index in [-0.39, 0.29) is 0 Å². The Morgan fingerprint density at radius 3 is 2.38 bits per heavy atom. The zero-order valence-electron chi connectivity index (χ0n) is 5.65. The van der Waals surface area contributed by atoms with E-state index in [2.05, 4.69) is 24.9 Å². The summed E-state index contributed by atoms with van der Waals surface area (Å²) >= 11 is 4.19. The second kappa shape index (κ2) is 5.45. The van der Waals surface area contributed by atoms with Gasteiger partial charge in [-0.2, -0.15) is 12.6 Å². The van der Waals surface area contributed by atoms with Crippen molar-refractivity contribution in [3.8, 4) is 0 Å². The molecular weight excluding hydrogens is 118 g/mol. The molecular formula is C6H15NS.